The maximum absolute atomic E-state index is 11.7. The lowest BCUT2D eigenvalue weighted by Gasteiger charge is -2.04. The minimum Gasteiger partial charge on any atom is -0.288 e. The number of benzene rings is 1. The number of amides is 1. The number of nitrogens with zero attached hydrogens (tertiary/aromatic N) is 4. The molecular formula is C14H17N5O. The van der Waals surface area contributed by atoms with Gasteiger partial charge in [0, 0.05) is 6.08 Å². The maximum atomic E-state index is 11.7. The second-order valence-electron chi connectivity index (χ2n) is 4.75. The van der Waals surface area contributed by atoms with Crippen LogP contribution >= 0.6 is 0 Å². The summed E-state index contributed by atoms with van der Waals surface area (Å²) in [5.41, 5.74) is 2.24. The van der Waals surface area contributed by atoms with Crippen LogP contribution in [0.25, 0.3) is 6.08 Å². The number of carbonyl (C=O) groups is 1. The van der Waals surface area contributed by atoms with Gasteiger partial charge in [-0.1, -0.05) is 43.2 Å². The molecule has 0 radical (unpaired) electrons. The SMILES string of the molecule is CC(C)c1ccc(/C=C/C(=O)Nc2nnn(C)n2)cc1. The van der Waals surface area contributed by atoms with Gasteiger partial charge in [-0.15, -0.1) is 5.10 Å². The molecule has 0 bridgehead atoms. The summed E-state index contributed by atoms with van der Waals surface area (Å²) >= 11 is 0. The summed E-state index contributed by atoms with van der Waals surface area (Å²) in [5.74, 6) is 0.405. The van der Waals surface area contributed by atoms with Crippen LogP contribution in [0.1, 0.15) is 30.9 Å². The number of hydrogen-bond acceptors (Lipinski definition) is 4. The van der Waals surface area contributed by atoms with Gasteiger partial charge in [0.1, 0.15) is 0 Å². The Bertz CT molecular complexity index is 613. The molecule has 0 unspecified atom stereocenters. The van der Waals surface area contributed by atoms with Gasteiger partial charge in [-0.2, -0.15) is 4.80 Å². The monoisotopic (exact) mass is 271 g/mol. The first kappa shape index (κ1) is 13.9. The van der Waals surface area contributed by atoms with Crippen molar-refractivity contribution in [1.82, 2.24) is 20.2 Å². The van der Waals surface area contributed by atoms with E-state index in [1.54, 1.807) is 13.1 Å². The van der Waals surface area contributed by atoms with E-state index in [0.29, 0.717) is 5.92 Å². The molecule has 20 heavy (non-hydrogen) atoms. The lowest BCUT2D eigenvalue weighted by molar-refractivity contribution is -0.111. The lowest BCUT2D eigenvalue weighted by Crippen LogP contribution is -2.09. The second-order valence-corrected chi connectivity index (χ2v) is 4.75. The number of nitrogens with one attached hydrogen (secondary N) is 1. The van der Waals surface area contributed by atoms with Gasteiger partial charge in [0.2, 0.25) is 0 Å². The van der Waals surface area contributed by atoms with Crippen molar-refractivity contribution in [3.8, 4) is 0 Å². The first-order valence-corrected chi connectivity index (χ1v) is 6.37. The van der Waals surface area contributed by atoms with Crippen LogP contribution in [-0.4, -0.2) is 26.1 Å². The standard InChI is InChI=1S/C14H17N5O/c1-10(2)12-7-4-11(5-8-12)6-9-13(20)15-14-16-18-19(3)17-14/h4-10H,1-3H3,(H,15,17,20)/b9-6+. The van der Waals surface area contributed by atoms with E-state index in [4.69, 9.17) is 0 Å². The normalized spacial score (nSPS) is 11.2. The lowest BCUT2D eigenvalue weighted by atomic mass is 10.0. The Morgan fingerprint density at radius 3 is 2.55 bits per heavy atom. The highest BCUT2D eigenvalue weighted by atomic mass is 16.1. The topological polar surface area (TPSA) is 72.7 Å². The molecule has 2 rings (SSSR count). The van der Waals surface area contributed by atoms with Gasteiger partial charge in [0.05, 0.1) is 7.05 Å². The van der Waals surface area contributed by atoms with Crippen LogP contribution < -0.4 is 5.32 Å². The summed E-state index contributed by atoms with van der Waals surface area (Å²) in [7, 11) is 1.63. The fourth-order valence-corrected chi connectivity index (χ4v) is 1.65. The van der Waals surface area contributed by atoms with Gasteiger partial charge < -0.3 is 0 Å². The molecule has 1 amide bonds. The molecule has 1 heterocycles. The summed E-state index contributed by atoms with van der Waals surface area (Å²) in [6.45, 7) is 4.29. The number of carbonyl (C=O) groups excluding carboxylic acids is 1. The maximum Gasteiger partial charge on any atom is 0.270 e. The smallest absolute Gasteiger partial charge is 0.270 e. The van der Waals surface area contributed by atoms with Crippen LogP contribution in [0, 0.1) is 0 Å². The molecule has 0 fully saturated rings. The van der Waals surface area contributed by atoms with E-state index in [1.807, 2.05) is 12.1 Å². The average molecular weight is 271 g/mol. The highest BCUT2D eigenvalue weighted by Crippen LogP contribution is 2.15. The highest BCUT2D eigenvalue weighted by Gasteiger charge is 2.03. The third-order valence-electron chi connectivity index (χ3n) is 2.77. The van der Waals surface area contributed by atoms with E-state index >= 15 is 0 Å². The van der Waals surface area contributed by atoms with Crippen LogP contribution in [0.3, 0.4) is 0 Å². The van der Waals surface area contributed by atoms with Crippen LogP contribution in [0.15, 0.2) is 30.3 Å². The molecule has 2 aromatic rings. The predicted octanol–water partition coefficient (Wildman–Crippen LogP) is 1.99. The van der Waals surface area contributed by atoms with Crippen molar-refractivity contribution in [2.24, 2.45) is 7.05 Å². The third kappa shape index (κ3) is 3.74. The zero-order valence-corrected chi connectivity index (χ0v) is 11.7. The van der Waals surface area contributed by atoms with Crippen molar-refractivity contribution < 1.29 is 4.79 Å². The van der Waals surface area contributed by atoms with Gasteiger partial charge in [0.25, 0.3) is 11.9 Å². The fourth-order valence-electron chi connectivity index (χ4n) is 1.65. The van der Waals surface area contributed by atoms with Gasteiger partial charge >= 0.3 is 0 Å². The quantitative estimate of drug-likeness (QED) is 0.863. The van der Waals surface area contributed by atoms with Crippen molar-refractivity contribution in [2.75, 3.05) is 5.32 Å². The molecule has 0 saturated carbocycles. The van der Waals surface area contributed by atoms with Crippen molar-refractivity contribution in [2.45, 2.75) is 19.8 Å². The minimum atomic E-state index is -0.286. The average Bonchev–Trinajstić information content (AvgIpc) is 2.82. The molecule has 0 atom stereocenters. The van der Waals surface area contributed by atoms with Gasteiger partial charge in [-0.05, 0) is 28.3 Å². The fraction of sp³-hybridized carbons (Fsp3) is 0.286. The van der Waals surface area contributed by atoms with E-state index in [0.717, 1.165) is 5.56 Å². The summed E-state index contributed by atoms with van der Waals surface area (Å²) < 4.78 is 0. The number of tetrazole rings is 1. The number of anilines is 1. The van der Waals surface area contributed by atoms with Crippen molar-refractivity contribution in [3.63, 3.8) is 0 Å². The van der Waals surface area contributed by atoms with Crippen molar-refractivity contribution in [3.05, 3.63) is 41.5 Å². The van der Waals surface area contributed by atoms with Crippen LogP contribution in [-0.2, 0) is 11.8 Å². The minimum absolute atomic E-state index is 0.192. The van der Waals surface area contributed by atoms with Gasteiger partial charge in [-0.25, -0.2) is 0 Å². The Hall–Kier alpha value is -2.50. The third-order valence-corrected chi connectivity index (χ3v) is 2.77. The Labute approximate surface area is 117 Å². The molecule has 1 aromatic heterocycles. The number of aromatic nitrogens is 4. The van der Waals surface area contributed by atoms with Crippen LogP contribution in [0.4, 0.5) is 5.95 Å². The molecule has 0 aliphatic carbocycles. The molecule has 0 aliphatic rings. The summed E-state index contributed by atoms with van der Waals surface area (Å²) in [6, 6.07) is 8.10. The molecule has 0 spiro atoms. The number of hydrogen-bond donors (Lipinski definition) is 1. The van der Waals surface area contributed by atoms with Crippen LogP contribution in [0.5, 0.6) is 0 Å². The number of aryl methyl sites for hydroxylation is 1. The van der Waals surface area contributed by atoms with E-state index in [-0.39, 0.29) is 11.9 Å². The second kappa shape index (κ2) is 6.10. The van der Waals surface area contributed by atoms with E-state index in [9.17, 15) is 4.79 Å². The molecule has 6 heteroatoms. The summed E-state index contributed by atoms with van der Waals surface area (Å²) in [5, 5.41) is 13.7. The number of rotatable bonds is 4. The summed E-state index contributed by atoms with van der Waals surface area (Å²) in [6.07, 6.45) is 3.19. The molecular weight excluding hydrogens is 254 g/mol. The van der Waals surface area contributed by atoms with E-state index in [2.05, 4.69) is 46.7 Å². The Balaban J connectivity index is 1.96. The Morgan fingerprint density at radius 2 is 2.00 bits per heavy atom. The zero-order valence-electron chi connectivity index (χ0n) is 11.7. The van der Waals surface area contributed by atoms with Crippen molar-refractivity contribution >= 4 is 17.9 Å². The first-order chi connectivity index (χ1) is 9.54. The largest absolute Gasteiger partial charge is 0.288 e. The molecule has 104 valence electrons. The Morgan fingerprint density at radius 1 is 1.30 bits per heavy atom. The van der Waals surface area contributed by atoms with Crippen LogP contribution in [0.2, 0.25) is 0 Å². The van der Waals surface area contributed by atoms with Crippen molar-refractivity contribution in [1.29, 1.82) is 0 Å². The molecule has 1 aromatic carbocycles. The zero-order chi connectivity index (χ0) is 14.5. The molecule has 6 nitrogen and oxygen atoms in total. The summed E-state index contributed by atoms with van der Waals surface area (Å²) in [4.78, 5) is 12.9. The predicted molar refractivity (Wildman–Crippen MR) is 77.0 cm³/mol. The van der Waals surface area contributed by atoms with E-state index < -0.39 is 0 Å². The van der Waals surface area contributed by atoms with Gasteiger partial charge in [0.15, 0.2) is 0 Å². The first-order valence-electron chi connectivity index (χ1n) is 6.37. The molecule has 0 aliphatic heterocycles. The Kier molecular flexibility index (Phi) is 4.24. The molecule has 0 saturated heterocycles. The highest BCUT2D eigenvalue weighted by molar-refractivity contribution is 6.00. The van der Waals surface area contributed by atoms with Gasteiger partial charge in [-0.3, -0.25) is 10.1 Å². The van der Waals surface area contributed by atoms with E-state index in [1.165, 1.54) is 16.4 Å². The molecule has 1 N–H and O–H groups in total.